The lowest BCUT2D eigenvalue weighted by atomic mass is 10.2. The van der Waals surface area contributed by atoms with Gasteiger partial charge in [0.05, 0.1) is 23.5 Å². The minimum absolute atomic E-state index is 0.506. The van der Waals surface area contributed by atoms with E-state index in [1.807, 2.05) is 24.3 Å². The van der Waals surface area contributed by atoms with Crippen molar-refractivity contribution in [2.75, 3.05) is 10.4 Å². The zero-order valence-corrected chi connectivity index (χ0v) is 9.91. The molecule has 1 aliphatic heterocycles. The van der Waals surface area contributed by atoms with Crippen molar-refractivity contribution < 1.29 is 13.2 Å². The summed E-state index contributed by atoms with van der Waals surface area (Å²) in [5.41, 5.74) is 4.96. The highest BCUT2D eigenvalue weighted by atomic mass is 19.4. The predicted molar refractivity (Wildman–Crippen MR) is 67.7 cm³/mol. The van der Waals surface area contributed by atoms with Crippen molar-refractivity contribution in [1.29, 1.82) is 0 Å². The van der Waals surface area contributed by atoms with Crippen LogP contribution in [0.1, 0.15) is 11.1 Å². The smallest absolute Gasteiger partial charge is 0.298 e. The molecule has 1 N–H and O–H groups in total. The van der Waals surface area contributed by atoms with Gasteiger partial charge in [-0.3, -0.25) is 10.4 Å². The maximum Gasteiger partial charge on any atom is 0.416 e. The summed E-state index contributed by atoms with van der Waals surface area (Å²) in [6, 6.07) is 13.0. The van der Waals surface area contributed by atoms with Gasteiger partial charge in [0.25, 0.3) is 0 Å². The van der Waals surface area contributed by atoms with Crippen LogP contribution >= 0.6 is 0 Å². The molecule has 0 fully saturated rings. The fourth-order valence-electron chi connectivity index (χ4n) is 2.13. The topological polar surface area (TPSA) is 15.3 Å². The Morgan fingerprint density at radius 1 is 1.00 bits per heavy atom. The molecule has 1 aliphatic rings. The second-order valence-corrected chi connectivity index (χ2v) is 4.40. The highest BCUT2D eigenvalue weighted by molar-refractivity contribution is 5.65. The van der Waals surface area contributed by atoms with Crippen LogP contribution in [0.5, 0.6) is 0 Å². The summed E-state index contributed by atoms with van der Waals surface area (Å²) in [6.07, 6.45) is -4.32. The molecule has 0 saturated heterocycles. The van der Waals surface area contributed by atoms with Crippen LogP contribution in [0.25, 0.3) is 0 Å². The minimum atomic E-state index is -4.32. The van der Waals surface area contributed by atoms with Crippen LogP contribution in [-0.2, 0) is 12.7 Å². The average Bonchev–Trinajstić information content (AvgIpc) is 2.81. The quantitative estimate of drug-likeness (QED) is 0.835. The number of hydrazine groups is 1. The molecule has 2 aromatic carbocycles. The van der Waals surface area contributed by atoms with Crippen molar-refractivity contribution >= 4 is 11.4 Å². The maximum atomic E-state index is 12.7. The molecule has 0 radical (unpaired) electrons. The van der Waals surface area contributed by atoms with E-state index in [4.69, 9.17) is 0 Å². The van der Waals surface area contributed by atoms with Crippen LogP contribution < -0.4 is 10.4 Å². The summed E-state index contributed by atoms with van der Waals surface area (Å²) in [7, 11) is 0. The lowest BCUT2D eigenvalue weighted by Crippen LogP contribution is -2.23. The molecule has 0 spiro atoms. The van der Waals surface area contributed by atoms with Gasteiger partial charge in [-0.1, -0.05) is 24.3 Å². The van der Waals surface area contributed by atoms with Crippen LogP contribution in [0.3, 0.4) is 0 Å². The van der Waals surface area contributed by atoms with Crippen LogP contribution in [0, 0.1) is 0 Å². The number of alkyl halides is 3. The third-order valence-corrected chi connectivity index (χ3v) is 3.09. The molecule has 1 heterocycles. The minimum Gasteiger partial charge on any atom is -0.298 e. The number of fused-ring (bicyclic) bond motifs is 1. The van der Waals surface area contributed by atoms with E-state index in [1.165, 1.54) is 6.07 Å². The Morgan fingerprint density at radius 2 is 1.79 bits per heavy atom. The first-order valence-electron chi connectivity index (χ1n) is 5.83. The summed E-state index contributed by atoms with van der Waals surface area (Å²) in [5, 5.41) is 1.71. The lowest BCUT2D eigenvalue weighted by molar-refractivity contribution is -0.137. The van der Waals surface area contributed by atoms with Crippen LogP contribution in [0.15, 0.2) is 48.5 Å². The molecule has 5 heteroatoms. The molecule has 19 heavy (non-hydrogen) atoms. The Bertz CT molecular complexity index is 583. The summed E-state index contributed by atoms with van der Waals surface area (Å²) >= 11 is 0. The lowest BCUT2D eigenvalue weighted by Gasteiger charge is -2.20. The number of hydrogen-bond donors (Lipinski definition) is 1. The van der Waals surface area contributed by atoms with Crippen molar-refractivity contribution in [2.24, 2.45) is 0 Å². The largest absolute Gasteiger partial charge is 0.416 e. The molecular weight excluding hydrogens is 253 g/mol. The standard InChI is InChI=1S/C14H11F3N2/c15-14(16,17)11-5-3-6-12(8-11)19-9-10-4-1-2-7-13(10)18-19/h1-8,18H,9H2. The highest BCUT2D eigenvalue weighted by Gasteiger charge is 2.31. The van der Waals surface area contributed by atoms with Gasteiger partial charge in [-0.25, -0.2) is 0 Å². The van der Waals surface area contributed by atoms with Gasteiger partial charge in [-0.05, 0) is 29.8 Å². The third kappa shape index (κ3) is 2.23. The summed E-state index contributed by atoms with van der Waals surface area (Å²) in [4.78, 5) is 0. The molecule has 2 nitrogen and oxygen atoms in total. The normalized spacial score (nSPS) is 14.2. The van der Waals surface area contributed by atoms with Gasteiger partial charge in [0, 0.05) is 0 Å². The van der Waals surface area contributed by atoms with E-state index < -0.39 is 11.7 Å². The van der Waals surface area contributed by atoms with E-state index in [-0.39, 0.29) is 0 Å². The van der Waals surface area contributed by atoms with Gasteiger partial charge in [-0.15, -0.1) is 0 Å². The van der Waals surface area contributed by atoms with E-state index in [9.17, 15) is 13.2 Å². The Balaban J connectivity index is 1.90. The zero-order valence-electron chi connectivity index (χ0n) is 9.91. The predicted octanol–water partition coefficient (Wildman–Crippen LogP) is 4.05. The molecule has 0 bridgehead atoms. The zero-order chi connectivity index (χ0) is 13.5. The Labute approximate surface area is 108 Å². The van der Waals surface area contributed by atoms with Crippen molar-refractivity contribution in [2.45, 2.75) is 12.7 Å². The molecule has 0 unspecified atom stereocenters. The molecule has 3 rings (SSSR count). The first-order valence-corrected chi connectivity index (χ1v) is 5.83. The van der Waals surface area contributed by atoms with E-state index in [0.717, 1.165) is 23.4 Å². The monoisotopic (exact) mass is 264 g/mol. The molecule has 0 aromatic heterocycles. The fraction of sp³-hybridized carbons (Fsp3) is 0.143. The van der Waals surface area contributed by atoms with Crippen LogP contribution in [-0.4, -0.2) is 0 Å². The van der Waals surface area contributed by atoms with E-state index in [0.29, 0.717) is 12.2 Å². The number of benzene rings is 2. The van der Waals surface area contributed by atoms with E-state index in [1.54, 1.807) is 11.1 Å². The van der Waals surface area contributed by atoms with Crippen LogP contribution in [0.4, 0.5) is 24.5 Å². The summed E-state index contributed by atoms with van der Waals surface area (Å²) < 4.78 is 38.0. The Hall–Kier alpha value is -2.17. The number of nitrogens with one attached hydrogen (secondary N) is 1. The van der Waals surface area contributed by atoms with Crippen molar-refractivity contribution in [1.82, 2.24) is 0 Å². The first-order chi connectivity index (χ1) is 9.04. The van der Waals surface area contributed by atoms with E-state index >= 15 is 0 Å². The molecule has 0 amide bonds. The summed E-state index contributed by atoms with van der Waals surface area (Å²) in [5.74, 6) is 0. The number of halogens is 3. The second-order valence-electron chi connectivity index (χ2n) is 4.40. The van der Waals surface area contributed by atoms with Gasteiger partial charge in [0.2, 0.25) is 0 Å². The fourth-order valence-corrected chi connectivity index (χ4v) is 2.13. The second kappa shape index (κ2) is 4.19. The molecule has 0 atom stereocenters. The number of para-hydroxylation sites is 1. The van der Waals surface area contributed by atoms with Crippen molar-refractivity contribution in [3.8, 4) is 0 Å². The highest BCUT2D eigenvalue weighted by Crippen LogP contribution is 2.34. The van der Waals surface area contributed by atoms with Gasteiger partial charge < -0.3 is 0 Å². The Morgan fingerprint density at radius 3 is 2.53 bits per heavy atom. The van der Waals surface area contributed by atoms with Gasteiger partial charge >= 0.3 is 6.18 Å². The maximum absolute atomic E-state index is 12.7. The van der Waals surface area contributed by atoms with Crippen LogP contribution in [0.2, 0.25) is 0 Å². The first kappa shape index (κ1) is 11.9. The molecular formula is C14H11F3N2. The van der Waals surface area contributed by atoms with Crippen molar-refractivity contribution in [3.05, 3.63) is 59.7 Å². The molecule has 0 saturated carbocycles. The van der Waals surface area contributed by atoms with E-state index in [2.05, 4.69) is 5.43 Å². The Kier molecular flexibility index (Phi) is 2.62. The number of rotatable bonds is 1. The SMILES string of the molecule is FC(F)(F)c1cccc(N2Cc3ccccc3N2)c1. The van der Waals surface area contributed by atoms with Gasteiger partial charge in [0.15, 0.2) is 0 Å². The molecule has 2 aromatic rings. The van der Waals surface area contributed by atoms with Gasteiger partial charge in [-0.2, -0.15) is 13.2 Å². The van der Waals surface area contributed by atoms with Gasteiger partial charge in [0.1, 0.15) is 0 Å². The number of anilines is 2. The summed E-state index contributed by atoms with van der Waals surface area (Å²) in [6.45, 7) is 0.553. The third-order valence-electron chi connectivity index (χ3n) is 3.09. The number of nitrogens with zero attached hydrogens (tertiary/aromatic N) is 1. The molecule has 0 aliphatic carbocycles. The average molecular weight is 264 g/mol. The number of hydrogen-bond acceptors (Lipinski definition) is 2. The van der Waals surface area contributed by atoms with Crippen molar-refractivity contribution in [3.63, 3.8) is 0 Å². The molecule has 98 valence electrons.